The predicted octanol–water partition coefficient (Wildman–Crippen LogP) is 2.19. The summed E-state index contributed by atoms with van der Waals surface area (Å²) < 4.78 is 5.18. The molecular formula is C14H16N6O2. The summed E-state index contributed by atoms with van der Waals surface area (Å²) in [4.78, 5) is 17.4. The number of anilines is 1. The second kappa shape index (κ2) is 5.81. The Morgan fingerprint density at radius 2 is 2.00 bits per heavy atom. The molecule has 0 spiro atoms. The quantitative estimate of drug-likeness (QED) is 0.911. The molecule has 0 aliphatic rings. The molecule has 0 atom stereocenters. The number of nitrogens with zero attached hydrogens (tertiary/aromatic N) is 5. The first-order valence-corrected chi connectivity index (χ1v) is 6.58. The number of hydrogen-bond acceptors (Lipinski definition) is 6. The normalized spacial score (nSPS) is 10.9. The zero-order valence-electron chi connectivity index (χ0n) is 12.8. The second-order valence-electron chi connectivity index (χ2n) is 5.55. The number of amides is 1. The lowest BCUT2D eigenvalue weighted by molar-refractivity contribution is 0.0635. The van der Waals surface area contributed by atoms with Gasteiger partial charge in [0.05, 0.1) is 23.8 Å². The lowest BCUT2D eigenvalue weighted by Crippen LogP contribution is -2.27. The van der Waals surface area contributed by atoms with E-state index in [1.165, 1.54) is 23.3 Å². The highest BCUT2D eigenvalue weighted by Crippen LogP contribution is 2.20. The maximum absolute atomic E-state index is 11.8. The van der Waals surface area contributed by atoms with Gasteiger partial charge in [-0.1, -0.05) is 0 Å². The standard InChI is InChI=1S/C14H16N6O2/c1-9-11(19-13(21)22-14(2,3)4)7-10(8-15)12(18-9)20-16-5-6-17-20/h5-7H,1-4H3,(H,19,21). The minimum absolute atomic E-state index is 0.243. The molecule has 0 saturated heterocycles. The number of ether oxygens (including phenoxy) is 1. The molecule has 8 heteroatoms. The fourth-order valence-corrected chi connectivity index (χ4v) is 1.69. The van der Waals surface area contributed by atoms with E-state index in [4.69, 9.17) is 4.74 Å². The van der Waals surface area contributed by atoms with E-state index in [0.717, 1.165) is 0 Å². The average Bonchev–Trinajstić information content (AvgIpc) is 2.92. The average molecular weight is 300 g/mol. The van der Waals surface area contributed by atoms with Crippen molar-refractivity contribution in [1.29, 1.82) is 5.26 Å². The number of rotatable bonds is 2. The van der Waals surface area contributed by atoms with E-state index >= 15 is 0 Å². The SMILES string of the molecule is Cc1nc(-n2nccn2)c(C#N)cc1NC(=O)OC(C)(C)C. The Hall–Kier alpha value is -2.95. The van der Waals surface area contributed by atoms with Crippen molar-refractivity contribution in [2.45, 2.75) is 33.3 Å². The van der Waals surface area contributed by atoms with Gasteiger partial charge in [-0.25, -0.2) is 9.78 Å². The summed E-state index contributed by atoms with van der Waals surface area (Å²) in [7, 11) is 0. The van der Waals surface area contributed by atoms with Crippen LogP contribution in [0.4, 0.5) is 10.5 Å². The highest BCUT2D eigenvalue weighted by Gasteiger charge is 2.18. The number of aryl methyl sites for hydroxylation is 1. The van der Waals surface area contributed by atoms with Gasteiger partial charge in [-0.3, -0.25) is 5.32 Å². The van der Waals surface area contributed by atoms with Crippen molar-refractivity contribution in [3.05, 3.63) is 29.7 Å². The number of hydrogen-bond donors (Lipinski definition) is 1. The van der Waals surface area contributed by atoms with E-state index in [2.05, 4.69) is 20.5 Å². The fourth-order valence-electron chi connectivity index (χ4n) is 1.69. The van der Waals surface area contributed by atoms with E-state index in [0.29, 0.717) is 17.2 Å². The van der Waals surface area contributed by atoms with Crippen LogP contribution in [0.25, 0.3) is 5.82 Å². The van der Waals surface area contributed by atoms with Crippen LogP contribution >= 0.6 is 0 Å². The Bertz CT molecular complexity index is 725. The van der Waals surface area contributed by atoms with Crippen molar-refractivity contribution < 1.29 is 9.53 Å². The molecule has 0 saturated carbocycles. The molecule has 0 fully saturated rings. The third-order valence-electron chi connectivity index (χ3n) is 2.56. The van der Waals surface area contributed by atoms with Gasteiger partial charge in [0.25, 0.3) is 0 Å². The van der Waals surface area contributed by atoms with Crippen molar-refractivity contribution in [3.63, 3.8) is 0 Å². The molecule has 1 N–H and O–H groups in total. The number of carbonyl (C=O) groups excluding carboxylic acids is 1. The summed E-state index contributed by atoms with van der Waals surface area (Å²) in [5, 5.41) is 19.7. The Kier molecular flexibility index (Phi) is 4.08. The Labute approximate surface area is 127 Å². The van der Waals surface area contributed by atoms with Gasteiger partial charge in [-0.15, -0.1) is 4.80 Å². The smallest absolute Gasteiger partial charge is 0.412 e. The molecule has 0 aliphatic carbocycles. The number of nitrogens with one attached hydrogen (secondary N) is 1. The first-order valence-electron chi connectivity index (χ1n) is 6.58. The largest absolute Gasteiger partial charge is 0.444 e. The third kappa shape index (κ3) is 3.58. The summed E-state index contributed by atoms with van der Waals surface area (Å²) in [6.45, 7) is 7.02. The number of aromatic nitrogens is 4. The molecule has 8 nitrogen and oxygen atoms in total. The summed E-state index contributed by atoms with van der Waals surface area (Å²) in [6, 6.07) is 3.54. The van der Waals surface area contributed by atoms with Gasteiger partial charge in [-0.2, -0.15) is 15.5 Å². The zero-order valence-corrected chi connectivity index (χ0v) is 12.8. The number of pyridine rings is 1. The van der Waals surface area contributed by atoms with E-state index in [-0.39, 0.29) is 5.56 Å². The first-order chi connectivity index (χ1) is 10.3. The molecule has 114 valence electrons. The van der Waals surface area contributed by atoms with Crippen LogP contribution in [0.15, 0.2) is 18.5 Å². The van der Waals surface area contributed by atoms with Gasteiger partial charge >= 0.3 is 6.09 Å². The molecule has 2 rings (SSSR count). The van der Waals surface area contributed by atoms with Gasteiger partial charge in [0.1, 0.15) is 17.2 Å². The first kappa shape index (κ1) is 15.4. The van der Waals surface area contributed by atoms with E-state index in [1.807, 2.05) is 6.07 Å². The molecule has 2 aromatic rings. The molecule has 0 aliphatic heterocycles. The van der Waals surface area contributed by atoms with Crippen molar-refractivity contribution >= 4 is 11.8 Å². The number of nitriles is 1. The summed E-state index contributed by atoms with van der Waals surface area (Å²) >= 11 is 0. The Morgan fingerprint density at radius 3 is 2.55 bits per heavy atom. The van der Waals surface area contributed by atoms with Crippen LogP contribution in [0.5, 0.6) is 0 Å². The van der Waals surface area contributed by atoms with Gasteiger partial charge in [0, 0.05) is 0 Å². The van der Waals surface area contributed by atoms with E-state index in [9.17, 15) is 10.1 Å². The Balaban J connectivity index is 2.32. The predicted molar refractivity (Wildman–Crippen MR) is 78.5 cm³/mol. The van der Waals surface area contributed by atoms with Gasteiger partial charge in [0.2, 0.25) is 0 Å². The summed E-state index contributed by atoms with van der Waals surface area (Å²) in [5.74, 6) is 0.305. The van der Waals surface area contributed by atoms with Crippen LogP contribution in [-0.4, -0.2) is 31.7 Å². The summed E-state index contributed by atoms with van der Waals surface area (Å²) in [6.07, 6.45) is 2.38. The van der Waals surface area contributed by atoms with Crippen LogP contribution in [0.2, 0.25) is 0 Å². The molecular weight excluding hydrogens is 284 g/mol. The molecule has 0 radical (unpaired) electrons. The lowest BCUT2D eigenvalue weighted by atomic mass is 10.2. The van der Waals surface area contributed by atoms with Crippen LogP contribution in [0, 0.1) is 18.3 Å². The van der Waals surface area contributed by atoms with Crippen LogP contribution in [0.3, 0.4) is 0 Å². The maximum Gasteiger partial charge on any atom is 0.412 e. The molecule has 1 amide bonds. The van der Waals surface area contributed by atoms with Gasteiger partial charge < -0.3 is 4.74 Å². The fraction of sp³-hybridized carbons (Fsp3) is 0.357. The third-order valence-corrected chi connectivity index (χ3v) is 2.56. The highest BCUT2D eigenvalue weighted by molar-refractivity contribution is 5.86. The van der Waals surface area contributed by atoms with Crippen LogP contribution in [-0.2, 0) is 4.74 Å². The minimum Gasteiger partial charge on any atom is -0.444 e. The van der Waals surface area contributed by atoms with Crippen molar-refractivity contribution in [1.82, 2.24) is 20.0 Å². The van der Waals surface area contributed by atoms with Crippen molar-refractivity contribution in [3.8, 4) is 11.9 Å². The lowest BCUT2D eigenvalue weighted by Gasteiger charge is -2.20. The second-order valence-corrected chi connectivity index (χ2v) is 5.55. The van der Waals surface area contributed by atoms with Gasteiger partial charge in [-0.05, 0) is 33.8 Å². The number of carbonyl (C=O) groups is 1. The molecule has 0 aromatic carbocycles. The summed E-state index contributed by atoms with van der Waals surface area (Å²) in [5.41, 5.74) is 0.564. The minimum atomic E-state index is -0.609. The van der Waals surface area contributed by atoms with Crippen LogP contribution in [0.1, 0.15) is 32.0 Å². The topological polar surface area (TPSA) is 106 Å². The Morgan fingerprint density at radius 1 is 1.36 bits per heavy atom. The van der Waals surface area contributed by atoms with E-state index < -0.39 is 11.7 Å². The van der Waals surface area contributed by atoms with Gasteiger partial charge in [0.15, 0.2) is 5.82 Å². The zero-order chi connectivity index (χ0) is 16.3. The van der Waals surface area contributed by atoms with Crippen LogP contribution < -0.4 is 5.32 Å². The molecule has 0 unspecified atom stereocenters. The molecule has 2 heterocycles. The maximum atomic E-state index is 11.8. The molecule has 0 bridgehead atoms. The van der Waals surface area contributed by atoms with Crippen molar-refractivity contribution in [2.24, 2.45) is 0 Å². The van der Waals surface area contributed by atoms with Crippen molar-refractivity contribution in [2.75, 3.05) is 5.32 Å². The monoisotopic (exact) mass is 300 g/mol. The molecule has 22 heavy (non-hydrogen) atoms. The molecule has 2 aromatic heterocycles. The van der Waals surface area contributed by atoms with E-state index in [1.54, 1.807) is 27.7 Å². The highest BCUT2D eigenvalue weighted by atomic mass is 16.6.